The normalized spacial score (nSPS) is 12.2. The summed E-state index contributed by atoms with van der Waals surface area (Å²) in [5.41, 5.74) is 2.04. The van der Waals surface area contributed by atoms with E-state index in [4.69, 9.17) is 21.7 Å². The molecule has 2 N–H and O–H groups in total. The molecule has 0 radical (unpaired) electrons. The number of nitrogens with one attached hydrogen (secondary N) is 2. The zero-order valence-electron chi connectivity index (χ0n) is 16.5. The van der Waals surface area contributed by atoms with Gasteiger partial charge in [-0.2, -0.15) is 0 Å². The zero-order chi connectivity index (χ0) is 20.8. The number of amides is 1. The third-order valence-corrected chi connectivity index (χ3v) is 5.86. The molecule has 0 aliphatic heterocycles. The fourth-order valence-electron chi connectivity index (χ4n) is 3.14. The van der Waals surface area contributed by atoms with Crippen molar-refractivity contribution < 1.29 is 19.1 Å². The van der Waals surface area contributed by atoms with E-state index in [0.29, 0.717) is 29.3 Å². The number of hydrogen-bond acceptors (Lipinski definition) is 6. The summed E-state index contributed by atoms with van der Waals surface area (Å²) in [6, 6.07) is 6.88. The molecule has 0 saturated heterocycles. The van der Waals surface area contributed by atoms with Crippen LogP contribution in [-0.2, 0) is 17.6 Å². The second-order valence-corrected chi connectivity index (χ2v) is 8.08. The smallest absolute Gasteiger partial charge is 0.341 e. The van der Waals surface area contributed by atoms with E-state index in [1.165, 1.54) is 16.2 Å². The van der Waals surface area contributed by atoms with Crippen LogP contribution in [0.5, 0.6) is 5.75 Å². The van der Waals surface area contributed by atoms with Gasteiger partial charge in [-0.05, 0) is 74.7 Å². The molecule has 6 nitrogen and oxygen atoms in total. The van der Waals surface area contributed by atoms with Gasteiger partial charge >= 0.3 is 5.97 Å². The topological polar surface area (TPSA) is 76.7 Å². The highest BCUT2D eigenvalue weighted by atomic mass is 32.1. The van der Waals surface area contributed by atoms with Crippen molar-refractivity contribution in [3.8, 4) is 5.75 Å². The molecule has 1 heterocycles. The molecule has 0 atom stereocenters. The second-order valence-electron chi connectivity index (χ2n) is 6.56. The number of hydrogen-bond donors (Lipinski definition) is 2. The Hall–Kier alpha value is -2.45. The first-order valence-electron chi connectivity index (χ1n) is 9.70. The van der Waals surface area contributed by atoms with Crippen molar-refractivity contribution >= 4 is 45.5 Å². The van der Waals surface area contributed by atoms with Crippen LogP contribution >= 0.6 is 23.6 Å². The highest BCUT2D eigenvalue weighted by molar-refractivity contribution is 7.80. The van der Waals surface area contributed by atoms with Gasteiger partial charge in [0.05, 0.1) is 18.8 Å². The SMILES string of the molecule is CCCOc1ccc(C(=O)NC(=S)Nc2sc3c(c2C(=O)OCC)CCC3)cc1. The van der Waals surface area contributed by atoms with Crippen molar-refractivity contribution in [1.29, 1.82) is 0 Å². The summed E-state index contributed by atoms with van der Waals surface area (Å²) < 4.78 is 10.7. The van der Waals surface area contributed by atoms with Crippen molar-refractivity contribution in [2.24, 2.45) is 0 Å². The van der Waals surface area contributed by atoms with Crippen LogP contribution in [0.3, 0.4) is 0 Å². The maximum absolute atomic E-state index is 12.5. The summed E-state index contributed by atoms with van der Waals surface area (Å²) in [5, 5.41) is 6.45. The van der Waals surface area contributed by atoms with Crippen molar-refractivity contribution in [1.82, 2.24) is 5.32 Å². The maximum atomic E-state index is 12.5. The molecule has 0 fully saturated rings. The second kappa shape index (κ2) is 9.84. The van der Waals surface area contributed by atoms with Gasteiger partial charge in [0.25, 0.3) is 5.91 Å². The maximum Gasteiger partial charge on any atom is 0.341 e. The lowest BCUT2D eigenvalue weighted by Gasteiger charge is -2.11. The molecule has 0 saturated carbocycles. The Morgan fingerprint density at radius 1 is 1.17 bits per heavy atom. The monoisotopic (exact) mass is 432 g/mol. The number of ether oxygens (including phenoxy) is 2. The number of aryl methyl sites for hydroxylation is 1. The predicted molar refractivity (Wildman–Crippen MR) is 118 cm³/mol. The van der Waals surface area contributed by atoms with E-state index in [0.717, 1.165) is 37.0 Å². The van der Waals surface area contributed by atoms with Crippen LogP contribution < -0.4 is 15.4 Å². The zero-order valence-corrected chi connectivity index (χ0v) is 18.1. The Morgan fingerprint density at radius 3 is 2.62 bits per heavy atom. The quantitative estimate of drug-likeness (QED) is 0.501. The number of benzene rings is 1. The van der Waals surface area contributed by atoms with Crippen LogP contribution in [0.15, 0.2) is 24.3 Å². The lowest BCUT2D eigenvalue weighted by Crippen LogP contribution is -2.34. The molecule has 1 aliphatic rings. The van der Waals surface area contributed by atoms with Gasteiger partial charge in [0.15, 0.2) is 5.11 Å². The lowest BCUT2D eigenvalue weighted by atomic mass is 10.1. The molecule has 0 bridgehead atoms. The van der Waals surface area contributed by atoms with E-state index in [1.807, 2.05) is 6.92 Å². The fourth-order valence-corrected chi connectivity index (χ4v) is 4.68. The van der Waals surface area contributed by atoms with Crippen molar-refractivity contribution in [2.45, 2.75) is 39.5 Å². The van der Waals surface area contributed by atoms with Gasteiger partial charge in [-0.1, -0.05) is 6.92 Å². The lowest BCUT2D eigenvalue weighted by molar-refractivity contribution is 0.0527. The van der Waals surface area contributed by atoms with E-state index in [-0.39, 0.29) is 17.0 Å². The molecule has 1 aromatic heterocycles. The van der Waals surface area contributed by atoms with Gasteiger partial charge < -0.3 is 14.8 Å². The number of fused-ring (bicyclic) bond motifs is 1. The number of thiophene rings is 1. The molecule has 29 heavy (non-hydrogen) atoms. The minimum absolute atomic E-state index is 0.145. The molecule has 1 aliphatic carbocycles. The van der Waals surface area contributed by atoms with Crippen LogP contribution in [-0.4, -0.2) is 30.2 Å². The molecule has 2 aromatic rings. The Labute approximate surface area is 179 Å². The Bertz CT molecular complexity index is 906. The van der Waals surface area contributed by atoms with Crippen LogP contribution in [0.2, 0.25) is 0 Å². The van der Waals surface area contributed by atoms with Crippen LogP contribution in [0.4, 0.5) is 5.00 Å². The highest BCUT2D eigenvalue weighted by Crippen LogP contribution is 2.39. The minimum Gasteiger partial charge on any atom is -0.494 e. The standard InChI is InChI=1S/C21H24N2O4S2/c1-3-12-27-14-10-8-13(9-11-14)18(24)22-21(28)23-19-17(20(25)26-4-2)15-6-5-7-16(15)29-19/h8-11H,3-7,12H2,1-2H3,(H2,22,23,24,28). The fraction of sp³-hybridized carbons (Fsp3) is 0.381. The highest BCUT2D eigenvalue weighted by Gasteiger charge is 2.28. The largest absolute Gasteiger partial charge is 0.494 e. The van der Waals surface area contributed by atoms with E-state index in [1.54, 1.807) is 31.2 Å². The van der Waals surface area contributed by atoms with Crippen molar-refractivity contribution in [3.05, 3.63) is 45.8 Å². The summed E-state index contributed by atoms with van der Waals surface area (Å²) in [5.74, 6) is 0.0359. The molecule has 0 unspecified atom stereocenters. The molecule has 8 heteroatoms. The van der Waals surface area contributed by atoms with Crippen LogP contribution in [0.25, 0.3) is 0 Å². The summed E-state index contributed by atoms with van der Waals surface area (Å²) in [7, 11) is 0. The Balaban J connectivity index is 1.66. The minimum atomic E-state index is -0.355. The average Bonchev–Trinajstić information content (AvgIpc) is 3.27. The van der Waals surface area contributed by atoms with Crippen molar-refractivity contribution in [2.75, 3.05) is 18.5 Å². The number of thiocarbonyl (C=S) groups is 1. The van der Waals surface area contributed by atoms with Gasteiger partial charge in [0.1, 0.15) is 10.8 Å². The number of esters is 1. The van der Waals surface area contributed by atoms with Gasteiger partial charge in [0, 0.05) is 10.4 Å². The van der Waals surface area contributed by atoms with Crippen molar-refractivity contribution in [3.63, 3.8) is 0 Å². The predicted octanol–water partition coefficient (Wildman–Crippen LogP) is 4.33. The molecule has 1 amide bonds. The Morgan fingerprint density at radius 2 is 1.93 bits per heavy atom. The first-order chi connectivity index (χ1) is 14.0. The third-order valence-electron chi connectivity index (χ3n) is 4.44. The molecule has 154 valence electrons. The molecule has 0 spiro atoms. The Kier molecular flexibility index (Phi) is 7.22. The number of anilines is 1. The first-order valence-corrected chi connectivity index (χ1v) is 10.9. The van der Waals surface area contributed by atoms with Crippen LogP contribution in [0, 0.1) is 0 Å². The molecule has 3 rings (SSSR count). The van der Waals surface area contributed by atoms with Gasteiger partial charge in [-0.15, -0.1) is 11.3 Å². The number of carbonyl (C=O) groups is 2. The third kappa shape index (κ3) is 5.13. The summed E-state index contributed by atoms with van der Waals surface area (Å²) in [4.78, 5) is 26.1. The van der Waals surface area contributed by atoms with Gasteiger partial charge in [0.2, 0.25) is 0 Å². The van der Waals surface area contributed by atoms with E-state index >= 15 is 0 Å². The summed E-state index contributed by atoms with van der Waals surface area (Å²) >= 11 is 6.80. The van der Waals surface area contributed by atoms with Gasteiger partial charge in [-0.3, -0.25) is 10.1 Å². The van der Waals surface area contributed by atoms with Crippen LogP contribution in [0.1, 0.15) is 57.8 Å². The molecule has 1 aromatic carbocycles. The average molecular weight is 433 g/mol. The number of carbonyl (C=O) groups excluding carboxylic acids is 2. The van der Waals surface area contributed by atoms with E-state index < -0.39 is 0 Å². The summed E-state index contributed by atoms with van der Waals surface area (Å²) in [6.45, 7) is 4.75. The first kappa shape index (κ1) is 21.3. The van der Waals surface area contributed by atoms with E-state index in [9.17, 15) is 9.59 Å². The molecular weight excluding hydrogens is 408 g/mol. The molecular formula is C21H24N2O4S2. The summed E-state index contributed by atoms with van der Waals surface area (Å²) in [6.07, 6.45) is 3.75. The van der Waals surface area contributed by atoms with Gasteiger partial charge in [-0.25, -0.2) is 4.79 Å². The van der Waals surface area contributed by atoms with E-state index in [2.05, 4.69) is 10.6 Å². The number of rotatable bonds is 7.